The Morgan fingerprint density at radius 1 is 0.681 bits per heavy atom. The average molecular weight is 1090 g/mol. The number of nitrogens with zero attached hydrogens (tertiary/aromatic N) is 2. The van der Waals surface area contributed by atoms with E-state index in [1.807, 2.05) is 29.6 Å². The molecule has 0 aromatic heterocycles. The minimum absolute atomic E-state index is 0.0546. The molecule has 1 fully saturated rings. The lowest BCUT2D eigenvalue weighted by Crippen LogP contribution is -2.50. The van der Waals surface area contributed by atoms with Gasteiger partial charge in [-0.15, -0.1) is 0 Å². The molecule has 0 unspecified atom stereocenters. The molecule has 1 aliphatic carbocycles. The van der Waals surface area contributed by atoms with Gasteiger partial charge in [-0.3, -0.25) is 43.4 Å². The number of carboxylic acids is 6. The van der Waals surface area contributed by atoms with Crippen molar-refractivity contribution in [1.29, 1.82) is 0 Å². The zero-order chi connectivity index (χ0) is 51.3. The molecule has 0 saturated heterocycles. The Labute approximate surface area is 411 Å². The molecule has 0 bridgehead atoms. The molecule has 2 atom stereocenters. The number of hydrogen-bond donors (Lipinski definition) is 13. The van der Waals surface area contributed by atoms with Gasteiger partial charge < -0.3 is 67.9 Å². The normalized spacial score (nSPS) is 15.6. The highest BCUT2D eigenvalue weighted by atomic mass is 127. The first-order valence-corrected chi connectivity index (χ1v) is 23.4. The first-order chi connectivity index (χ1) is 32.7. The summed E-state index contributed by atoms with van der Waals surface area (Å²) in [5.74, 6) is -8.95. The number of hydrogen-bond acceptors (Lipinski definition) is 14. The molecule has 13 N–H and O–H groups in total. The third kappa shape index (κ3) is 26.4. The molecule has 0 heterocycles. The number of unbranched alkanes of at least 4 members (excludes halogenated alkanes) is 1. The van der Waals surface area contributed by atoms with E-state index in [4.69, 9.17) is 15.3 Å². The van der Waals surface area contributed by atoms with Crippen LogP contribution < -0.4 is 37.2 Å². The quantitative estimate of drug-likeness (QED) is 0.0215. The summed E-state index contributed by atoms with van der Waals surface area (Å²) >= 11 is 2.14. The summed E-state index contributed by atoms with van der Waals surface area (Å²) in [5.41, 5.74) is 0.0848. The number of carbonyl (C=O) groups excluding carboxylic acids is 4. The highest BCUT2D eigenvalue weighted by Crippen LogP contribution is 2.29. The van der Waals surface area contributed by atoms with Crippen molar-refractivity contribution < 1.29 is 78.6 Å². The fraction of sp³-hybridized carbons (Fsp3) is 0.581. The molecule has 1 aromatic carbocycles. The first-order valence-electron chi connectivity index (χ1n) is 22.3. The van der Waals surface area contributed by atoms with Gasteiger partial charge in [-0.1, -0.05) is 18.2 Å². The van der Waals surface area contributed by atoms with E-state index >= 15 is 0 Å². The second kappa shape index (κ2) is 32.7. The van der Waals surface area contributed by atoms with Gasteiger partial charge in [0.1, 0.15) is 17.8 Å². The summed E-state index contributed by atoms with van der Waals surface area (Å²) in [6, 6.07) is 3.83. The smallest absolute Gasteiger partial charge is 0.352 e. The van der Waals surface area contributed by atoms with Gasteiger partial charge in [0.05, 0.1) is 32.6 Å². The van der Waals surface area contributed by atoms with Crippen molar-refractivity contribution >= 4 is 82.2 Å². The first kappa shape index (κ1) is 59.2. The maximum Gasteiger partial charge on any atom is 0.352 e. The molecule has 384 valence electrons. The second-order valence-corrected chi connectivity index (χ2v) is 17.4. The number of carboxylic acid groups (broad SMARTS) is 6. The van der Waals surface area contributed by atoms with Gasteiger partial charge in [0, 0.05) is 68.3 Å². The largest absolute Gasteiger partial charge is 0.481 e. The molecule has 0 radical (unpaired) electrons. The number of rotatable bonds is 35. The van der Waals surface area contributed by atoms with Gasteiger partial charge in [0.15, 0.2) is 0 Å². The van der Waals surface area contributed by atoms with Gasteiger partial charge in [-0.2, -0.15) is 0 Å². The lowest BCUT2D eigenvalue weighted by molar-refractivity contribution is -0.140. The van der Waals surface area contributed by atoms with Crippen LogP contribution in [-0.4, -0.2) is 191 Å². The van der Waals surface area contributed by atoms with Gasteiger partial charge in [0.25, 0.3) is 0 Å². The fourth-order valence-electron chi connectivity index (χ4n) is 7.17. The van der Waals surface area contributed by atoms with Crippen LogP contribution in [0.2, 0.25) is 0 Å². The van der Waals surface area contributed by atoms with E-state index in [0.717, 1.165) is 15.2 Å². The molecule has 0 aliphatic heterocycles. The summed E-state index contributed by atoms with van der Waals surface area (Å²) in [5, 5.41) is 73.0. The predicted octanol–water partition coefficient (Wildman–Crippen LogP) is -1.24. The van der Waals surface area contributed by atoms with Crippen molar-refractivity contribution in [3.05, 3.63) is 45.2 Å². The number of nitrogens with one attached hydrogen (secondary N) is 7. The molecule has 2 rings (SSSR count). The van der Waals surface area contributed by atoms with Gasteiger partial charge in [0.2, 0.25) is 17.7 Å². The van der Waals surface area contributed by atoms with Crippen LogP contribution in [0.15, 0.2) is 36.0 Å². The van der Waals surface area contributed by atoms with E-state index in [2.05, 4.69) is 54.5 Å². The van der Waals surface area contributed by atoms with E-state index in [1.54, 1.807) is 9.80 Å². The minimum Gasteiger partial charge on any atom is -0.481 e. The third-order valence-corrected chi connectivity index (χ3v) is 11.9. The Morgan fingerprint density at radius 2 is 1.29 bits per heavy atom. The summed E-state index contributed by atoms with van der Waals surface area (Å²) < 4.78 is 0.884. The molecular weight excluding hydrogens is 1030 g/mol. The number of halogens is 1. The van der Waals surface area contributed by atoms with E-state index in [9.17, 15) is 63.3 Å². The Kier molecular flexibility index (Phi) is 28.1. The van der Waals surface area contributed by atoms with Crippen LogP contribution in [0.3, 0.4) is 0 Å². The molecule has 1 aliphatic rings. The molecule has 26 heteroatoms. The lowest BCUT2D eigenvalue weighted by Gasteiger charge is -2.30. The molecule has 69 heavy (non-hydrogen) atoms. The van der Waals surface area contributed by atoms with Crippen molar-refractivity contribution in [3.63, 3.8) is 0 Å². The van der Waals surface area contributed by atoms with Gasteiger partial charge in [-0.25, -0.2) is 14.4 Å². The topological polar surface area (TPSA) is 383 Å². The van der Waals surface area contributed by atoms with Gasteiger partial charge in [-0.05, 0) is 91.2 Å². The zero-order valence-corrected chi connectivity index (χ0v) is 40.2. The molecule has 25 nitrogen and oxygen atoms in total. The van der Waals surface area contributed by atoms with E-state index in [0.29, 0.717) is 32.2 Å². The van der Waals surface area contributed by atoms with Crippen molar-refractivity contribution in [2.75, 3.05) is 78.5 Å². The number of aliphatic carboxylic acids is 6. The fourth-order valence-corrected chi connectivity index (χ4v) is 7.78. The molecular formula is C43H64IN9O16. The van der Waals surface area contributed by atoms with Crippen LogP contribution in [0, 0.1) is 15.4 Å². The number of amides is 5. The number of urea groups is 1. The van der Waals surface area contributed by atoms with Crippen LogP contribution in [0.5, 0.6) is 0 Å². The third-order valence-electron chi connectivity index (χ3n) is 10.8. The van der Waals surface area contributed by atoms with Crippen molar-refractivity contribution in [2.24, 2.45) is 11.8 Å². The van der Waals surface area contributed by atoms with E-state index in [-0.39, 0.29) is 115 Å². The molecule has 1 aromatic rings. The summed E-state index contributed by atoms with van der Waals surface area (Å²) in [4.78, 5) is 123. The molecule has 0 spiro atoms. The van der Waals surface area contributed by atoms with Crippen LogP contribution in [-0.2, 0) is 49.6 Å². The highest BCUT2D eigenvalue weighted by molar-refractivity contribution is 14.1. The lowest BCUT2D eigenvalue weighted by atomic mass is 9.81. The summed E-state index contributed by atoms with van der Waals surface area (Å²) in [6.45, 7) is 0.997. The second-order valence-electron chi connectivity index (χ2n) is 16.3. The number of benzene rings is 1. The van der Waals surface area contributed by atoms with Crippen molar-refractivity contribution in [1.82, 2.24) is 47.0 Å². The maximum atomic E-state index is 13.6. The zero-order valence-electron chi connectivity index (χ0n) is 38.1. The minimum atomic E-state index is -1.62. The maximum absolute atomic E-state index is 13.6. The average Bonchev–Trinajstić information content (AvgIpc) is 3.28. The van der Waals surface area contributed by atoms with E-state index in [1.165, 1.54) is 0 Å². The Balaban J connectivity index is 1.94. The Morgan fingerprint density at radius 3 is 1.84 bits per heavy atom. The molecule has 5 amide bonds. The van der Waals surface area contributed by atoms with Crippen LogP contribution in [0.1, 0.15) is 56.9 Å². The standard InChI is InChI=1S/C43H64IN9O16/c44-30-6-2-1-5-29(30)21-33(40(64)47-14-4-3-7-31(41(65)66)50-43(69)51-32(42(67)68)12-13-35(55)56)49-39(63)28-10-8-27(9-11-28)22-48-34(54)25-52(17-15-45-23-36(57)58)19-20-53(26-38(61)62)18-16-46-24-37(59)60/h1-2,5-6,12,27-28,31,33,45-46H,3-4,7-11,13-26H2,(H,47,64)(H,48,54)(H,49,63)(H,55,56)(H,57,58)(H,59,60)(H,61,62)(H,65,66)(H,67,68)(H2,50,51,69)/b32-12+/t27?,28?,31-,33-/m0/s1. The van der Waals surface area contributed by atoms with Crippen LogP contribution in [0.4, 0.5) is 4.79 Å². The Hall–Kier alpha value is -5.97. The predicted molar refractivity (Wildman–Crippen MR) is 253 cm³/mol. The summed E-state index contributed by atoms with van der Waals surface area (Å²) in [7, 11) is 0. The summed E-state index contributed by atoms with van der Waals surface area (Å²) in [6.07, 6.45) is 2.88. The SMILES string of the molecule is O=C(O)C/C=C(/NC(=O)N[C@@H](CCCCNC(=O)[C@H](Cc1ccccc1I)NC(=O)C1CCC(CNC(=O)CN(CCNCC(=O)O)CCN(CCNCC(=O)O)CC(=O)O)CC1)C(=O)O)C(=O)O. The monoisotopic (exact) mass is 1090 g/mol. The number of carbonyl (C=O) groups is 10. The highest BCUT2D eigenvalue weighted by Gasteiger charge is 2.30. The molecule has 1 saturated carbocycles. The van der Waals surface area contributed by atoms with Crippen molar-refractivity contribution in [2.45, 2.75) is 69.9 Å². The van der Waals surface area contributed by atoms with Crippen molar-refractivity contribution in [3.8, 4) is 0 Å². The van der Waals surface area contributed by atoms with E-state index < -0.39 is 77.9 Å². The van der Waals surface area contributed by atoms with Gasteiger partial charge >= 0.3 is 41.8 Å². The Bertz CT molecular complexity index is 1950. The van der Waals surface area contributed by atoms with Crippen LogP contribution >= 0.6 is 22.6 Å². The van der Waals surface area contributed by atoms with Crippen LogP contribution in [0.25, 0.3) is 0 Å².